The number of para-hydroxylation sites is 1. The topological polar surface area (TPSA) is 30.2 Å². The Labute approximate surface area is 89.1 Å². The minimum Gasteiger partial charge on any atom is -0.461 e. The van der Waals surface area contributed by atoms with Crippen molar-refractivity contribution in [2.24, 2.45) is 0 Å². The average Bonchev–Trinajstić information content (AvgIpc) is 2.39. The summed E-state index contributed by atoms with van der Waals surface area (Å²) in [5.74, 6) is 0.695. The van der Waals surface area contributed by atoms with Crippen LogP contribution < -0.4 is 0 Å². The predicted molar refractivity (Wildman–Crippen MR) is 59.3 cm³/mol. The second kappa shape index (κ2) is 3.14. The van der Waals surface area contributed by atoms with Gasteiger partial charge in [-0.3, -0.25) is 4.79 Å². The maximum atomic E-state index is 11.3. The number of hydrogen-bond acceptors (Lipinski definition) is 2. The quantitative estimate of drug-likeness (QED) is 0.594. The number of rotatable bonds is 1. The maximum absolute atomic E-state index is 11.3. The number of furan rings is 1. The Morgan fingerprint density at radius 3 is 2.77 bits per heavy atom. The van der Waals surface area contributed by atoms with Crippen molar-refractivity contribution in [2.45, 2.75) is 6.92 Å². The third-order valence-corrected chi connectivity index (χ3v) is 2.51. The van der Waals surface area contributed by atoms with Crippen molar-refractivity contribution < 1.29 is 9.21 Å². The molecule has 1 aromatic heterocycles. The molecule has 0 atom stereocenters. The fourth-order valence-corrected chi connectivity index (χ4v) is 2.08. The molecular formula is C10H7IO2. The first-order chi connectivity index (χ1) is 6.20. The first kappa shape index (κ1) is 8.74. The summed E-state index contributed by atoms with van der Waals surface area (Å²) in [5.41, 5.74) is 1.47. The van der Waals surface area contributed by atoms with Crippen LogP contribution >= 0.6 is 22.6 Å². The van der Waals surface area contributed by atoms with Gasteiger partial charge in [0.15, 0.2) is 0 Å². The zero-order chi connectivity index (χ0) is 9.42. The van der Waals surface area contributed by atoms with E-state index in [-0.39, 0.29) is 3.79 Å². The summed E-state index contributed by atoms with van der Waals surface area (Å²) in [4.78, 5) is 11.3. The number of fused-ring (bicyclic) bond motifs is 1. The van der Waals surface area contributed by atoms with E-state index in [1.807, 2.05) is 31.2 Å². The number of carbonyl (C=O) groups excluding carboxylic acids is 1. The molecule has 0 N–H and O–H groups in total. The smallest absolute Gasteiger partial charge is 0.226 e. The lowest BCUT2D eigenvalue weighted by Crippen LogP contribution is -1.87. The number of aryl methyl sites for hydroxylation is 1. The summed E-state index contributed by atoms with van der Waals surface area (Å²) >= 11 is 1.78. The van der Waals surface area contributed by atoms with Gasteiger partial charge in [-0.25, -0.2) is 0 Å². The van der Waals surface area contributed by atoms with Crippen molar-refractivity contribution in [3.05, 3.63) is 35.6 Å². The highest BCUT2D eigenvalue weighted by atomic mass is 127. The molecule has 0 aliphatic heterocycles. The van der Waals surface area contributed by atoms with Crippen molar-refractivity contribution in [2.75, 3.05) is 0 Å². The maximum Gasteiger partial charge on any atom is 0.226 e. The SMILES string of the molecule is Cc1oc2ccccc2c1C(=O)I. The molecule has 1 heterocycles. The van der Waals surface area contributed by atoms with Crippen LogP contribution in [0, 0.1) is 6.92 Å². The van der Waals surface area contributed by atoms with Crippen LogP contribution in [-0.2, 0) is 0 Å². The summed E-state index contributed by atoms with van der Waals surface area (Å²) in [5, 5.41) is 0.902. The molecule has 0 aliphatic carbocycles. The largest absolute Gasteiger partial charge is 0.461 e. The Morgan fingerprint density at radius 1 is 1.38 bits per heavy atom. The Balaban J connectivity index is 2.86. The van der Waals surface area contributed by atoms with Gasteiger partial charge in [0.05, 0.1) is 5.56 Å². The average molecular weight is 286 g/mol. The number of carbonyl (C=O) groups is 1. The second-order valence-corrected chi connectivity index (χ2v) is 3.78. The van der Waals surface area contributed by atoms with Crippen molar-refractivity contribution in [1.29, 1.82) is 0 Å². The molecule has 66 valence electrons. The van der Waals surface area contributed by atoms with E-state index in [4.69, 9.17) is 4.42 Å². The van der Waals surface area contributed by atoms with Crippen LogP contribution in [0.3, 0.4) is 0 Å². The summed E-state index contributed by atoms with van der Waals surface area (Å²) in [6.45, 7) is 1.81. The van der Waals surface area contributed by atoms with E-state index in [1.165, 1.54) is 0 Å². The molecule has 0 fully saturated rings. The first-order valence-corrected chi connectivity index (χ1v) is 4.96. The van der Waals surface area contributed by atoms with Gasteiger partial charge in [-0.15, -0.1) is 0 Å². The lowest BCUT2D eigenvalue weighted by atomic mass is 10.1. The highest BCUT2D eigenvalue weighted by Gasteiger charge is 2.14. The van der Waals surface area contributed by atoms with Gasteiger partial charge >= 0.3 is 0 Å². The number of halogens is 1. The van der Waals surface area contributed by atoms with Crippen molar-refractivity contribution >= 4 is 37.4 Å². The molecule has 2 aromatic rings. The summed E-state index contributed by atoms with van der Waals surface area (Å²) < 4.78 is 5.46. The first-order valence-electron chi connectivity index (χ1n) is 3.88. The molecule has 3 heteroatoms. The molecule has 0 bridgehead atoms. The van der Waals surface area contributed by atoms with E-state index in [0.29, 0.717) is 11.3 Å². The fourth-order valence-electron chi connectivity index (χ4n) is 1.41. The standard InChI is InChI=1S/C10H7IO2/c1-6-9(10(11)12)7-4-2-3-5-8(7)13-6/h2-5H,1H3. The van der Waals surface area contributed by atoms with Gasteiger partial charge in [-0.1, -0.05) is 18.2 Å². The van der Waals surface area contributed by atoms with E-state index in [2.05, 4.69) is 0 Å². The molecular weight excluding hydrogens is 279 g/mol. The Morgan fingerprint density at radius 2 is 2.08 bits per heavy atom. The summed E-state index contributed by atoms with van der Waals surface area (Å²) in [6, 6.07) is 7.57. The minimum atomic E-state index is 0.0278. The zero-order valence-corrected chi connectivity index (χ0v) is 9.16. The molecule has 1 aromatic carbocycles. The van der Waals surface area contributed by atoms with Gasteiger partial charge in [-0.05, 0) is 13.0 Å². The second-order valence-electron chi connectivity index (χ2n) is 2.80. The van der Waals surface area contributed by atoms with Gasteiger partial charge in [0.25, 0.3) is 0 Å². The van der Waals surface area contributed by atoms with Crippen LogP contribution in [0.1, 0.15) is 16.1 Å². The van der Waals surface area contributed by atoms with E-state index < -0.39 is 0 Å². The third kappa shape index (κ3) is 1.37. The highest BCUT2D eigenvalue weighted by Crippen LogP contribution is 2.26. The van der Waals surface area contributed by atoms with Crippen molar-refractivity contribution in [3.8, 4) is 0 Å². The van der Waals surface area contributed by atoms with E-state index in [0.717, 1.165) is 11.0 Å². The monoisotopic (exact) mass is 286 g/mol. The molecule has 0 saturated carbocycles. The van der Waals surface area contributed by atoms with Crippen molar-refractivity contribution in [1.82, 2.24) is 0 Å². The summed E-state index contributed by atoms with van der Waals surface area (Å²) in [7, 11) is 0. The van der Waals surface area contributed by atoms with Crippen LogP contribution in [0.15, 0.2) is 28.7 Å². The molecule has 0 aliphatic rings. The third-order valence-electron chi connectivity index (χ3n) is 1.97. The fraction of sp³-hybridized carbons (Fsp3) is 0.100. The Hall–Kier alpha value is -0.840. The van der Waals surface area contributed by atoms with Gasteiger partial charge in [0.2, 0.25) is 3.79 Å². The lowest BCUT2D eigenvalue weighted by molar-refractivity contribution is 0.110. The minimum absolute atomic E-state index is 0.0278. The van der Waals surface area contributed by atoms with Crippen LogP contribution in [0.5, 0.6) is 0 Å². The molecule has 0 amide bonds. The number of hydrogen-bond donors (Lipinski definition) is 0. The van der Waals surface area contributed by atoms with Crippen LogP contribution in [0.4, 0.5) is 0 Å². The normalized spacial score (nSPS) is 10.6. The molecule has 2 rings (SSSR count). The Kier molecular flexibility index (Phi) is 2.11. The zero-order valence-electron chi connectivity index (χ0n) is 7.00. The van der Waals surface area contributed by atoms with Crippen LogP contribution in [0.2, 0.25) is 0 Å². The van der Waals surface area contributed by atoms with Gasteiger partial charge in [0, 0.05) is 28.0 Å². The molecule has 0 spiro atoms. The predicted octanol–water partition coefficient (Wildman–Crippen LogP) is 3.32. The van der Waals surface area contributed by atoms with Crippen LogP contribution in [0.25, 0.3) is 11.0 Å². The van der Waals surface area contributed by atoms with E-state index in [1.54, 1.807) is 22.6 Å². The molecule has 0 unspecified atom stereocenters. The van der Waals surface area contributed by atoms with Gasteiger partial charge in [0.1, 0.15) is 11.3 Å². The van der Waals surface area contributed by atoms with Crippen LogP contribution in [-0.4, -0.2) is 3.79 Å². The highest BCUT2D eigenvalue weighted by molar-refractivity contribution is 14.1. The molecule has 13 heavy (non-hydrogen) atoms. The summed E-state index contributed by atoms with van der Waals surface area (Å²) in [6.07, 6.45) is 0. The molecule has 0 saturated heterocycles. The molecule has 2 nitrogen and oxygen atoms in total. The number of benzene rings is 1. The molecule has 0 radical (unpaired) electrons. The van der Waals surface area contributed by atoms with E-state index in [9.17, 15) is 4.79 Å². The van der Waals surface area contributed by atoms with Gasteiger partial charge < -0.3 is 4.42 Å². The van der Waals surface area contributed by atoms with E-state index >= 15 is 0 Å². The van der Waals surface area contributed by atoms with Crippen molar-refractivity contribution in [3.63, 3.8) is 0 Å². The van der Waals surface area contributed by atoms with Gasteiger partial charge in [-0.2, -0.15) is 0 Å². The lowest BCUT2D eigenvalue weighted by Gasteiger charge is -1.89. The Bertz CT molecular complexity index is 471.